The highest BCUT2D eigenvalue weighted by atomic mass is 16.6. The first-order chi connectivity index (χ1) is 14.2. The molecule has 146 valence electrons. The summed E-state index contributed by atoms with van der Waals surface area (Å²) in [6.07, 6.45) is 2.29. The zero-order valence-corrected chi connectivity index (χ0v) is 16.4. The van der Waals surface area contributed by atoms with Crippen LogP contribution in [0, 0.1) is 6.92 Å². The van der Waals surface area contributed by atoms with Crippen molar-refractivity contribution in [1.29, 1.82) is 0 Å². The lowest BCUT2D eigenvalue weighted by molar-refractivity contribution is -0.142. The number of nitrogens with zero attached hydrogens (tertiary/aromatic N) is 3. The third-order valence-corrected chi connectivity index (χ3v) is 5.02. The van der Waals surface area contributed by atoms with E-state index in [0.717, 1.165) is 17.5 Å². The van der Waals surface area contributed by atoms with Crippen molar-refractivity contribution >= 4 is 11.7 Å². The number of aromatic nitrogens is 1. The topological polar surface area (TPSA) is 54.8 Å². The Morgan fingerprint density at radius 2 is 1.62 bits per heavy atom. The summed E-state index contributed by atoms with van der Waals surface area (Å²) in [6, 6.07) is 23.8. The molecule has 1 aromatic heterocycles. The van der Waals surface area contributed by atoms with Crippen molar-refractivity contribution in [2.45, 2.75) is 25.9 Å². The van der Waals surface area contributed by atoms with Gasteiger partial charge in [0.2, 0.25) is 11.9 Å². The second-order valence-electron chi connectivity index (χ2n) is 7.09. The molecule has 0 aliphatic carbocycles. The van der Waals surface area contributed by atoms with Crippen molar-refractivity contribution in [3.8, 4) is 0 Å². The molecule has 29 heavy (non-hydrogen) atoms. The number of aryl methyl sites for hydroxylation is 1. The van der Waals surface area contributed by atoms with E-state index in [1.54, 1.807) is 11.1 Å². The average Bonchev–Trinajstić information content (AvgIpc) is 2.76. The van der Waals surface area contributed by atoms with Crippen LogP contribution < -0.4 is 0 Å². The van der Waals surface area contributed by atoms with Gasteiger partial charge in [0.25, 0.3) is 5.91 Å². The van der Waals surface area contributed by atoms with Gasteiger partial charge in [0.15, 0.2) is 0 Å². The van der Waals surface area contributed by atoms with Crippen molar-refractivity contribution in [3.05, 3.63) is 101 Å². The second kappa shape index (κ2) is 8.69. The van der Waals surface area contributed by atoms with Gasteiger partial charge in [-0.2, -0.15) is 0 Å². The van der Waals surface area contributed by atoms with Crippen LogP contribution >= 0.6 is 0 Å². The van der Waals surface area contributed by atoms with Gasteiger partial charge in [-0.3, -0.25) is 14.7 Å². The molecular formula is C24H23N3O2. The van der Waals surface area contributed by atoms with Gasteiger partial charge in [-0.25, -0.2) is 0 Å². The molecule has 2 aromatic carbocycles. The van der Waals surface area contributed by atoms with E-state index >= 15 is 0 Å². The van der Waals surface area contributed by atoms with E-state index in [1.165, 1.54) is 5.56 Å². The number of carbonyl (C=O) groups is 1. The Bertz CT molecular complexity index is 1000. The number of amidine groups is 1. The number of hydrogen-bond acceptors (Lipinski definition) is 4. The Kier molecular flexibility index (Phi) is 5.66. The normalized spacial score (nSPS) is 16.3. The minimum absolute atomic E-state index is 0.0835. The van der Waals surface area contributed by atoms with E-state index in [1.807, 2.05) is 67.6 Å². The van der Waals surface area contributed by atoms with Crippen molar-refractivity contribution < 1.29 is 9.63 Å². The lowest BCUT2D eigenvalue weighted by Gasteiger charge is -2.31. The fourth-order valence-electron chi connectivity index (χ4n) is 3.43. The number of carbonyl (C=O) groups excluding carboxylic acids is 1. The smallest absolute Gasteiger partial charge is 0.272 e. The Morgan fingerprint density at radius 1 is 0.931 bits per heavy atom. The monoisotopic (exact) mass is 385 g/mol. The summed E-state index contributed by atoms with van der Waals surface area (Å²) < 4.78 is 0. The van der Waals surface area contributed by atoms with E-state index in [2.05, 4.69) is 22.3 Å². The molecule has 0 N–H and O–H groups in total. The molecule has 1 aliphatic heterocycles. The Hall–Kier alpha value is -3.47. The third-order valence-electron chi connectivity index (χ3n) is 5.02. The fourth-order valence-corrected chi connectivity index (χ4v) is 3.43. The van der Waals surface area contributed by atoms with Gasteiger partial charge < -0.3 is 4.84 Å². The summed E-state index contributed by atoms with van der Waals surface area (Å²) in [7, 11) is 0. The molecule has 1 atom stereocenters. The summed E-state index contributed by atoms with van der Waals surface area (Å²) in [4.78, 5) is 25.2. The van der Waals surface area contributed by atoms with Gasteiger partial charge in [-0.15, -0.1) is 0 Å². The average molecular weight is 385 g/mol. The van der Waals surface area contributed by atoms with Gasteiger partial charge >= 0.3 is 0 Å². The van der Waals surface area contributed by atoms with Crippen LogP contribution in [0.2, 0.25) is 0 Å². The molecule has 3 aromatic rings. The molecule has 5 heteroatoms. The van der Waals surface area contributed by atoms with E-state index in [4.69, 9.17) is 4.84 Å². The predicted octanol–water partition coefficient (Wildman–Crippen LogP) is 3.76. The van der Waals surface area contributed by atoms with Gasteiger partial charge in [-0.1, -0.05) is 71.9 Å². The maximum Gasteiger partial charge on any atom is 0.272 e. The molecule has 1 amide bonds. The molecule has 0 spiro atoms. The minimum atomic E-state index is -0.638. The molecule has 0 fully saturated rings. The zero-order valence-electron chi connectivity index (χ0n) is 16.4. The highest BCUT2D eigenvalue weighted by Gasteiger charge is 2.35. The molecule has 0 saturated carbocycles. The zero-order chi connectivity index (χ0) is 20.1. The van der Waals surface area contributed by atoms with Crippen molar-refractivity contribution in [2.75, 3.05) is 6.54 Å². The Labute approximate surface area is 170 Å². The van der Waals surface area contributed by atoms with Crippen LogP contribution in [0.4, 0.5) is 0 Å². The summed E-state index contributed by atoms with van der Waals surface area (Å²) in [5, 5.41) is 4.34. The fraction of sp³-hybridized carbons (Fsp3) is 0.208. The summed E-state index contributed by atoms with van der Waals surface area (Å²) >= 11 is 0. The quantitative estimate of drug-likeness (QED) is 0.649. The SMILES string of the molecule is Cc1cccnc1C1=NOC(Cc2ccccc2)C(=O)N1CCc1ccccc1. The molecule has 0 radical (unpaired) electrons. The number of rotatable bonds is 6. The van der Waals surface area contributed by atoms with Gasteiger partial charge in [0.1, 0.15) is 5.69 Å². The van der Waals surface area contributed by atoms with Crippen LogP contribution in [-0.2, 0) is 22.5 Å². The number of amides is 1. The van der Waals surface area contributed by atoms with Crippen molar-refractivity contribution in [3.63, 3.8) is 0 Å². The summed E-state index contributed by atoms with van der Waals surface area (Å²) in [6.45, 7) is 2.48. The maximum absolute atomic E-state index is 13.3. The van der Waals surface area contributed by atoms with E-state index in [-0.39, 0.29) is 5.91 Å². The van der Waals surface area contributed by atoms with Crippen LogP contribution in [0.3, 0.4) is 0 Å². The summed E-state index contributed by atoms with van der Waals surface area (Å²) in [5.41, 5.74) is 3.84. The van der Waals surface area contributed by atoms with Gasteiger partial charge in [-0.05, 0) is 36.1 Å². The number of oxime groups is 1. The predicted molar refractivity (Wildman–Crippen MR) is 112 cm³/mol. The van der Waals surface area contributed by atoms with Gasteiger partial charge in [0, 0.05) is 19.2 Å². The van der Waals surface area contributed by atoms with Crippen molar-refractivity contribution in [2.24, 2.45) is 5.16 Å². The lowest BCUT2D eigenvalue weighted by atomic mass is 10.1. The van der Waals surface area contributed by atoms with Crippen LogP contribution in [0.15, 0.2) is 84.1 Å². The number of benzene rings is 2. The molecule has 1 unspecified atom stereocenters. The molecular weight excluding hydrogens is 362 g/mol. The number of pyridine rings is 1. The standard InChI is InChI=1S/C24H23N3O2/c1-18-9-8-15-25-22(18)23-26-29-21(17-20-12-6-3-7-13-20)24(28)27(23)16-14-19-10-4-2-5-11-19/h2-13,15,21H,14,16-17H2,1H3. The lowest BCUT2D eigenvalue weighted by Crippen LogP contribution is -2.49. The van der Waals surface area contributed by atoms with Crippen LogP contribution in [0.1, 0.15) is 22.4 Å². The molecule has 0 saturated heterocycles. The molecule has 2 heterocycles. The number of hydrogen-bond donors (Lipinski definition) is 0. The molecule has 1 aliphatic rings. The molecule has 5 nitrogen and oxygen atoms in total. The van der Waals surface area contributed by atoms with Crippen LogP contribution in [0.25, 0.3) is 0 Å². The van der Waals surface area contributed by atoms with Crippen molar-refractivity contribution in [1.82, 2.24) is 9.88 Å². The molecule has 4 rings (SSSR count). The van der Waals surface area contributed by atoms with Crippen LogP contribution in [-0.4, -0.2) is 34.3 Å². The Balaban J connectivity index is 1.61. The third kappa shape index (κ3) is 4.35. The largest absolute Gasteiger partial charge is 0.380 e. The van der Waals surface area contributed by atoms with Crippen LogP contribution in [0.5, 0.6) is 0 Å². The highest BCUT2D eigenvalue weighted by Crippen LogP contribution is 2.19. The van der Waals surface area contributed by atoms with Gasteiger partial charge in [0.05, 0.1) is 0 Å². The van der Waals surface area contributed by atoms with E-state index < -0.39 is 6.10 Å². The molecule has 0 bridgehead atoms. The summed E-state index contributed by atoms with van der Waals surface area (Å²) in [5.74, 6) is 0.396. The maximum atomic E-state index is 13.3. The second-order valence-corrected chi connectivity index (χ2v) is 7.09. The highest BCUT2D eigenvalue weighted by molar-refractivity contribution is 6.09. The van der Waals surface area contributed by atoms with E-state index in [0.29, 0.717) is 24.5 Å². The first-order valence-corrected chi connectivity index (χ1v) is 9.77. The van der Waals surface area contributed by atoms with E-state index in [9.17, 15) is 4.79 Å². The minimum Gasteiger partial charge on any atom is -0.380 e. The Morgan fingerprint density at radius 3 is 2.31 bits per heavy atom. The first-order valence-electron chi connectivity index (χ1n) is 9.77. The first kappa shape index (κ1) is 18.9.